The van der Waals surface area contributed by atoms with Gasteiger partial charge in [0, 0.05) is 23.8 Å². The molecule has 4 nitrogen and oxygen atoms in total. The fourth-order valence-electron chi connectivity index (χ4n) is 2.28. The molecule has 0 unspecified atom stereocenters. The Morgan fingerprint density at radius 1 is 1.04 bits per heavy atom. The molecule has 2 rings (SSSR count). The number of aliphatic carboxylic acids is 1. The van der Waals surface area contributed by atoms with Crippen molar-refractivity contribution in [3.05, 3.63) is 70.7 Å². The minimum Gasteiger partial charge on any atom is -0.550 e. The number of hydrogen-bond acceptors (Lipinski definition) is 3. The molecular formula is C18H17ClNO3-. The summed E-state index contributed by atoms with van der Waals surface area (Å²) in [5.74, 6) is -1.41. The highest BCUT2D eigenvalue weighted by Gasteiger charge is 2.15. The lowest BCUT2D eigenvalue weighted by molar-refractivity contribution is -0.306. The lowest BCUT2D eigenvalue weighted by Crippen LogP contribution is -2.34. The van der Waals surface area contributed by atoms with Gasteiger partial charge in [-0.25, -0.2) is 0 Å². The fourth-order valence-corrected chi connectivity index (χ4v) is 2.41. The van der Waals surface area contributed by atoms with Gasteiger partial charge >= 0.3 is 0 Å². The number of hydrogen-bond donors (Lipinski definition) is 1. The number of amides is 1. The van der Waals surface area contributed by atoms with Gasteiger partial charge in [0.15, 0.2) is 0 Å². The van der Waals surface area contributed by atoms with Crippen molar-refractivity contribution in [3.8, 4) is 0 Å². The van der Waals surface area contributed by atoms with Gasteiger partial charge in [-0.2, -0.15) is 0 Å². The third kappa shape index (κ3) is 5.75. The standard InChI is InChI=1S/C18H18ClNO3/c19-15-9-7-14(8-10-15)16(12-18(22)23)20-17(21)11-6-13-4-2-1-3-5-13/h1-5,7-10,16H,6,11-12H2,(H,20,21)(H,22,23)/p-1/t16-/m0/s1. The zero-order chi connectivity index (χ0) is 16.7. The van der Waals surface area contributed by atoms with Crippen molar-refractivity contribution in [1.82, 2.24) is 5.32 Å². The smallest absolute Gasteiger partial charge is 0.220 e. The fraction of sp³-hybridized carbons (Fsp3) is 0.222. The van der Waals surface area contributed by atoms with E-state index in [4.69, 9.17) is 11.6 Å². The summed E-state index contributed by atoms with van der Waals surface area (Å²) in [6.07, 6.45) is 0.616. The maximum atomic E-state index is 12.1. The van der Waals surface area contributed by atoms with Gasteiger partial charge in [0.05, 0.1) is 6.04 Å². The van der Waals surface area contributed by atoms with Crippen LogP contribution in [-0.2, 0) is 16.0 Å². The number of nitrogens with one attached hydrogen (secondary N) is 1. The summed E-state index contributed by atoms with van der Waals surface area (Å²) in [6, 6.07) is 15.8. The van der Waals surface area contributed by atoms with Gasteiger partial charge in [-0.1, -0.05) is 54.1 Å². The summed E-state index contributed by atoms with van der Waals surface area (Å²) in [5.41, 5.74) is 1.75. The van der Waals surface area contributed by atoms with E-state index < -0.39 is 12.0 Å². The monoisotopic (exact) mass is 330 g/mol. The van der Waals surface area contributed by atoms with Crippen molar-refractivity contribution in [1.29, 1.82) is 0 Å². The molecule has 1 amide bonds. The Morgan fingerprint density at radius 2 is 1.70 bits per heavy atom. The first-order valence-corrected chi connectivity index (χ1v) is 7.71. The highest BCUT2D eigenvalue weighted by Crippen LogP contribution is 2.19. The van der Waals surface area contributed by atoms with Gasteiger partial charge in [0.2, 0.25) is 5.91 Å². The molecule has 0 saturated heterocycles. The molecule has 0 aliphatic heterocycles. The first kappa shape index (κ1) is 17.0. The number of carbonyl (C=O) groups excluding carboxylic acids is 2. The second kappa shape index (κ2) is 8.34. The van der Waals surface area contributed by atoms with E-state index in [0.717, 1.165) is 5.56 Å². The second-order valence-corrected chi connectivity index (χ2v) is 5.67. The van der Waals surface area contributed by atoms with Crippen molar-refractivity contribution < 1.29 is 14.7 Å². The van der Waals surface area contributed by atoms with E-state index in [2.05, 4.69) is 5.32 Å². The van der Waals surface area contributed by atoms with Crippen LogP contribution in [0.15, 0.2) is 54.6 Å². The van der Waals surface area contributed by atoms with Crippen molar-refractivity contribution in [2.45, 2.75) is 25.3 Å². The lowest BCUT2D eigenvalue weighted by atomic mass is 10.0. The molecule has 1 N–H and O–H groups in total. The van der Waals surface area contributed by atoms with Crippen LogP contribution in [0.2, 0.25) is 5.02 Å². The molecule has 0 saturated carbocycles. The Hall–Kier alpha value is -2.33. The summed E-state index contributed by atoms with van der Waals surface area (Å²) in [7, 11) is 0. The lowest BCUT2D eigenvalue weighted by Gasteiger charge is -2.20. The number of rotatable bonds is 7. The van der Waals surface area contributed by atoms with Gasteiger partial charge in [0.1, 0.15) is 0 Å². The Morgan fingerprint density at radius 3 is 2.30 bits per heavy atom. The van der Waals surface area contributed by atoms with Crippen LogP contribution in [-0.4, -0.2) is 11.9 Å². The van der Waals surface area contributed by atoms with E-state index in [1.807, 2.05) is 30.3 Å². The second-order valence-electron chi connectivity index (χ2n) is 5.23. The Bertz CT molecular complexity index is 656. The highest BCUT2D eigenvalue weighted by atomic mass is 35.5. The molecule has 0 aliphatic carbocycles. The predicted molar refractivity (Wildman–Crippen MR) is 86.7 cm³/mol. The van der Waals surface area contributed by atoms with Gasteiger partial charge in [-0.3, -0.25) is 4.79 Å². The molecule has 1 atom stereocenters. The van der Waals surface area contributed by atoms with Crippen LogP contribution in [0.25, 0.3) is 0 Å². The van der Waals surface area contributed by atoms with Gasteiger partial charge in [0.25, 0.3) is 0 Å². The molecule has 2 aromatic rings. The van der Waals surface area contributed by atoms with E-state index in [0.29, 0.717) is 23.4 Å². The molecule has 5 heteroatoms. The Balaban J connectivity index is 1.98. The number of carbonyl (C=O) groups is 2. The molecule has 0 radical (unpaired) electrons. The SMILES string of the molecule is O=C([O-])C[C@H](NC(=O)CCc1ccccc1)c1ccc(Cl)cc1. The first-order chi connectivity index (χ1) is 11.0. The van der Waals surface area contributed by atoms with Crippen molar-refractivity contribution in [2.75, 3.05) is 0 Å². The number of benzene rings is 2. The largest absolute Gasteiger partial charge is 0.550 e. The van der Waals surface area contributed by atoms with Gasteiger partial charge < -0.3 is 15.2 Å². The van der Waals surface area contributed by atoms with Gasteiger partial charge in [-0.15, -0.1) is 0 Å². The average Bonchev–Trinajstić information content (AvgIpc) is 2.53. The summed E-state index contributed by atoms with van der Waals surface area (Å²) in [4.78, 5) is 23.0. The third-order valence-corrected chi connectivity index (χ3v) is 3.71. The minimum absolute atomic E-state index is 0.199. The molecule has 0 heterocycles. The molecule has 0 fully saturated rings. The molecule has 0 bridgehead atoms. The number of carboxylic acids is 1. The van der Waals surface area contributed by atoms with E-state index >= 15 is 0 Å². The topological polar surface area (TPSA) is 69.2 Å². The van der Waals surface area contributed by atoms with Crippen molar-refractivity contribution in [2.24, 2.45) is 0 Å². The zero-order valence-electron chi connectivity index (χ0n) is 12.5. The molecule has 0 spiro atoms. The summed E-state index contributed by atoms with van der Waals surface area (Å²) >= 11 is 5.83. The molecule has 23 heavy (non-hydrogen) atoms. The number of aryl methyl sites for hydroxylation is 1. The van der Waals surface area contributed by atoms with E-state index in [-0.39, 0.29) is 12.3 Å². The van der Waals surface area contributed by atoms with Crippen LogP contribution in [0.4, 0.5) is 0 Å². The summed E-state index contributed by atoms with van der Waals surface area (Å²) < 4.78 is 0. The number of halogens is 1. The average molecular weight is 331 g/mol. The predicted octanol–water partition coefficient (Wildman–Crippen LogP) is 2.27. The summed E-state index contributed by atoms with van der Waals surface area (Å²) in [6.45, 7) is 0. The minimum atomic E-state index is -1.21. The zero-order valence-corrected chi connectivity index (χ0v) is 13.3. The maximum Gasteiger partial charge on any atom is 0.220 e. The Kier molecular flexibility index (Phi) is 6.18. The van der Waals surface area contributed by atoms with Crippen LogP contribution in [0.1, 0.15) is 30.0 Å². The molecule has 120 valence electrons. The third-order valence-electron chi connectivity index (χ3n) is 3.46. The molecule has 2 aromatic carbocycles. The maximum absolute atomic E-state index is 12.1. The van der Waals surface area contributed by atoms with Crippen LogP contribution < -0.4 is 10.4 Å². The Labute approximate surface area is 140 Å². The first-order valence-electron chi connectivity index (χ1n) is 7.33. The van der Waals surface area contributed by atoms with Crippen LogP contribution in [0, 0.1) is 0 Å². The van der Waals surface area contributed by atoms with E-state index in [1.54, 1.807) is 24.3 Å². The van der Waals surface area contributed by atoms with E-state index in [9.17, 15) is 14.7 Å². The summed E-state index contributed by atoms with van der Waals surface area (Å²) in [5, 5.41) is 14.2. The molecular weight excluding hydrogens is 314 g/mol. The number of carboxylic acid groups (broad SMARTS) is 1. The van der Waals surface area contributed by atoms with Crippen LogP contribution >= 0.6 is 11.6 Å². The van der Waals surface area contributed by atoms with Gasteiger partial charge in [-0.05, 0) is 29.7 Å². The molecule has 0 aliphatic rings. The normalized spacial score (nSPS) is 11.7. The highest BCUT2D eigenvalue weighted by molar-refractivity contribution is 6.30. The quantitative estimate of drug-likeness (QED) is 0.846. The van der Waals surface area contributed by atoms with Crippen molar-refractivity contribution in [3.63, 3.8) is 0 Å². The van der Waals surface area contributed by atoms with Crippen molar-refractivity contribution >= 4 is 23.5 Å². The molecule has 0 aromatic heterocycles. The van der Waals surface area contributed by atoms with Crippen LogP contribution in [0.5, 0.6) is 0 Å². The van der Waals surface area contributed by atoms with E-state index in [1.165, 1.54) is 0 Å². The van der Waals surface area contributed by atoms with Crippen LogP contribution in [0.3, 0.4) is 0 Å².